The summed E-state index contributed by atoms with van der Waals surface area (Å²) in [5.74, 6) is 0.211. The van der Waals surface area contributed by atoms with Crippen LogP contribution in [-0.4, -0.2) is 34.0 Å². The minimum atomic E-state index is -3.49. The first-order chi connectivity index (χ1) is 8.79. The average molecular weight is 393 g/mol. The Hall–Kier alpha value is -0.0500. The van der Waals surface area contributed by atoms with Gasteiger partial charge < -0.3 is 9.47 Å². The van der Waals surface area contributed by atoms with Gasteiger partial charge in [-0.1, -0.05) is 23.2 Å². The lowest BCUT2D eigenvalue weighted by Gasteiger charge is -2.09. The van der Waals surface area contributed by atoms with E-state index in [-0.39, 0.29) is 25.6 Å². The summed E-state index contributed by atoms with van der Waals surface area (Å²) in [6.07, 6.45) is 0. The molecule has 1 rings (SSSR count). The van der Waals surface area contributed by atoms with Gasteiger partial charge in [0.15, 0.2) is 0 Å². The first-order valence-corrected chi connectivity index (χ1v) is 8.41. The highest BCUT2D eigenvalue weighted by molar-refractivity contribution is 9.10. The van der Waals surface area contributed by atoms with Crippen molar-refractivity contribution < 1.29 is 17.9 Å². The van der Waals surface area contributed by atoms with Gasteiger partial charge in [0.2, 0.25) is 10.0 Å². The molecule has 0 radical (unpaired) electrons. The van der Waals surface area contributed by atoms with E-state index in [1.54, 1.807) is 12.1 Å². The Bertz CT molecular complexity index is 539. The summed E-state index contributed by atoms with van der Waals surface area (Å²) >= 11 is 15.1. The van der Waals surface area contributed by atoms with E-state index in [4.69, 9.17) is 37.8 Å². The van der Waals surface area contributed by atoms with Crippen molar-refractivity contribution in [1.82, 2.24) is 0 Å². The van der Waals surface area contributed by atoms with Gasteiger partial charge in [0.1, 0.15) is 12.4 Å². The standard InChI is InChI=1S/C10H12BrCl2NO4S/c11-7-5-9(13)10(6-8(7)12)18-2-1-17-3-4-19(14,15)16/h5-6H,1-4H2,(H2,14,15,16). The van der Waals surface area contributed by atoms with Crippen molar-refractivity contribution in [2.75, 3.05) is 25.6 Å². The Morgan fingerprint density at radius 1 is 1.16 bits per heavy atom. The highest BCUT2D eigenvalue weighted by Crippen LogP contribution is 2.33. The third kappa shape index (κ3) is 6.78. The molecule has 9 heteroatoms. The molecule has 2 N–H and O–H groups in total. The van der Waals surface area contributed by atoms with Crippen LogP contribution in [0.4, 0.5) is 0 Å². The first kappa shape index (κ1) is 17.0. The maximum Gasteiger partial charge on any atom is 0.211 e. The second-order valence-corrected chi connectivity index (χ2v) is 6.93. The van der Waals surface area contributed by atoms with E-state index < -0.39 is 10.0 Å². The molecule has 0 bridgehead atoms. The van der Waals surface area contributed by atoms with Crippen LogP contribution >= 0.6 is 39.1 Å². The molecule has 0 atom stereocenters. The predicted octanol–water partition coefficient (Wildman–Crippen LogP) is 2.44. The molecule has 0 saturated heterocycles. The number of hydrogen-bond donors (Lipinski definition) is 1. The number of ether oxygens (including phenoxy) is 2. The minimum absolute atomic E-state index is 0.0248. The van der Waals surface area contributed by atoms with E-state index in [9.17, 15) is 8.42 Å². The van der Waals surface area contributed by atoms with Gasteiger partial charge in [0.05, 0.1) is 29.0 Å². The van der Waals surface area contributed by atoms with Crippen molar-refractivity contribution in [2.45, 2.75) is 0 Å². The molecule has 0 amide bonds. The molecule has 1 aromatic rings. The number of benzene rings is 1. The van der Waals surface area contributed by atoms with E-state index >= 15 is 0 Å². The zero-order chi connectivity index (χ0) is 14.5. The predicted molar refractivity (Wildman–Crippen MR) is 78.5 cm³/mol. The molecular formula is C10H12BrCl2NO4S. The lowest BCUT2D eigenvalue weighted by atomic mass is 10.3. The number of rotatable bonds is 7. The molecule has 19 heavy (non-hydrogen) atoms. The van der Waals surface area contributed by atoms with E-state index in [0.717, 1.165) is 0 Å². The number of primary sulfonamides is 1. The molecule has 0 aromatic heterocycles. The van der Waals surface area contributed by atoms with Gasteiger partial charge in [0, 0.05) is 10.5 Å². The van der Waals surface area contributed by atoms with Gasteiger partial charge in [-0.15, -0.1) is 0 Å². The van der Waals surface area contributed by atoms with Gasteiger partial charge in [0.25, 0.3) is 0 Å². The Morgan fingerprint density at radius 2 is 1.84 bits per heavy atom. The Balaban J connectivity index is 2.32. The number of hydrogen-bond acceptors (Lipinski definition) is 4. The summed E-state index contributed by atoms with van der Waals surface area (Å²) in [5, 5.41) is 5.71. The molecule has 5 nitrogen and oxygen atoms in total. The largest absolute Gasteiger partial charge is 0.490 e. The van der Waals surface area contributed by atoms with Crippen LogP contribution in [-0.2, 0) is 14.8 Å². The van der Waals surface area contributed by atoms with E-state index in [1.165, 1.54) is 0 Å². The molecule has 108 valence electrons. The zero-order valence-electron chi connectivity index (χ0n) is 9.74. The van der Waals surface area contributed by atoms with Crippen LogP contribution < -0.4 is 9.88 Å². The minimum Gasteiger partial charge on any atom is -0.490 e. The highest BCUT2D eigenvalue weighted by atomic mass is 79.9. The third-order valence-corrected chi connectivity index (χ3v) is 4.20. The molecule has 0 fully saturated rings. The van der Waals surface area contributed by atoms with Gasteiger partial charge in [-0.25, -0.2) is 13.6 Å². The molecule has 0 heterocycles. The van der Waals surface area contributed by atoms with Crippen LogP contribution in [0.3, 0.4) is 0 Å². The van der Waals surface area contributed by atoms with E-state index in [0.29, 0.717) is 20.3 Å². The van der Waals surface area contributed by atoms with Gasteiger partial charge >= 0.3 is 0 Å². The maximum atomic E-state index is 10.6. The van der Waals surface area contributed by atoms with Crippen LogP contribution in [0.25, 0.3) is 0 Å². The fraction of sp³-hybridized carbons (Fsp3) is 0.400. The fourth-order valence-electron chi connectivity index (χ4n) is 1.10. The van der Waals surface area contributed by atoms with Gasteiger partial charge in [-0.3, -0.25) is 0 Å². The van der Waals surface area contributed by atoms with Crippen LogP contribution in [0.15, 0.2) is 16.6 Å². The summed E-state index contributed by atoms with van der Waals surface area (Å²) < 4.78 is 32.4. The van der Waals surface area contributed by atoms with Crippen LogP contribution in [0.5, 0.6) is 5.75 Å². The monoisotopic (exact) mass is 391 g/mol. The average Bonchev–Trinajstić information content (AvgIpc) is 2.28. The summed E-state index contributed by atoms with van der Waals surface area (Å²) in [6.45, 7) is 0.471. The fourth-order valence-corrected chi connectivity index (χ4v) is 2.30. The van der Waals surface area contributed by atoms with Crippen molar-refractivity contribution in [2.24, 2.45) is 5.14 Å². The van der Waals surface area contributed by atoms with Crippen LogP contribution in [0.2, 0.25) is 10.0 Å². The normalized spacial score (nSPS) is 11.6. The van der Waals surface area contributed by atoms with Crippen molar-refractivity contribution in [3.63, 3.8) is 0 Å². The van der Waals surface area contributed by atoms with Crippen molar-refractivity contribution >= 4 is 49.2 Å². The smallest absolute Gasteiger partial charge is 0.211 e. The van der Waals surface area contributed by atoms with E-state index in [2.05, 4.69) is 15.9 Å². The van der Waals surface area contributed by atoms with Crippen LogP contribution in [0.1, 0.15) is 0 Å². The number of halogens is 3. The SMILES string of the molecule is NS(=O)(=O)CCOCCOc1cc(Cl)c(Br)cc1Cl. The summed E-state index contributed by atoms with van der Waals surface area (Å²) in [6, 6.07) is 3.21. The zero-order valence-corrected chi connectivity index (χ0v) is 13.6. The van der Waals surface area contributed by atoms with Gasteiger partial charge in [-0.05, 0) is 22.0 Å². The molecule has 1 aromatic carbocycles. The summed E-state index contributed by atoms with van der Waals surface area (Å²) in [4.78, 5) is 0. The molecule has 0 aliphatic rings. The Kier molecular flexibility index (Phi) is 6.85. The second-order valence-electron chi connectivity index (χ2n) is 3.52. The Morgan fingerprint density at radius 3 is 2.47 bits per heavy atom. The number of nitrogens with two attached hydrogens (primary N) is 1. The molecule has 0 saturated carbocycles. The maximum absolute atomic E-state index is 10.6. The second kappa shape index (κ2) is 7.66. The topological polar surface area (TPSA) is 78.6 Å². The highest BCUT2D eigenvalue weighted by Gasteiger charge is 2.07. The summed E-state index contributed by atoms with van der Waals surface area (Å²) in [5.41, 5.74) is 0. The lowest BCUT2D eigenvalue weighted by Crippen LogP contribution is -2.21. The quantitative estimate of drug-likeness (QED) is 0.570. The van der Waals surface area contributed by atoms with Crippen molar-refractivity contribution in [3.05, 3.63) is 26.7 Å². The van der Waals surface area contributed by atoms with Gasteiger partial charge in [-0.2, -0.15) is 0 Å². The Labute approximate surface area is 130 Å². The summed E-state index contributed by atoms with van der Waals surface area (Å²) in [7, 11) is -3.49. The van der Waals surface area contributed by atoms with Crippen molar-refractivity contribution in [3.8, 4) is 5.75 Å². The molecule has 0 spiro atoms. The lowest BCUT2D eigenvalue weighted by molar-refractivity contribution is 0.111. The van der Waals surface area contributed by atoms with Crippen LogP contribution in [0, 0.1) is 0 Å². The molecule has 0 aliphatic heterocycles. The first-order valence-electron chi connectivity index (χ1n) is 5.15. The van der Waals surface area contributed by atoms with Crippen molar-refractivity contribution in [1.29, 1.82) is 0 Å². The third-order valence-electron chi connectivity index (χ3n) is 1.97. The molecule has 0 aliphatic carbocycles. The molecular weight excluding hydrogens is 381 g/mol. The molecule has 0 unspecified atom stereocenters. The van der Waals surface area contributed by atoms with E-state index in [1.807, 2.05) is 0 Å². The number of sulfonamides is 1.